The lowest BCUT2D eigenvalue weighted by Crippen LogP contribution is -2.22. The molecule has 0 radical (unpaired) electrons. The molecule has 2 aromatic rings. The van der Waals surface area contributed by atoms with Gasteiger partial charge in [0.25, 0.3) is 0 Å². The minimum Gasteiger partial charge on any atom is -0.0824 e. The quantitative estimate of drug-likeness (QED) is 0.671. The average molecular weight is 262 g/mol. The molecule has 0 unspecified atom stereocenters. The van der Waals surface area contributed by atoms with E-state index in [1.165, 1.54) is 21.9 Å². The second-order valence-corrected chi connectivity index (χ2v) is 9.88. The van der Waals surface area contributed by atoms with Crippen LogP contribution in [0, 0.1) is 0 Å². The third-order valence-corrected chi connectivity index (χ3v) is 6.56. The minimum absolute atomic E-state index is 1.33. The molecule has 1 heteroatoms. The van der Waals surface area contributed by atoms with E-state index >= 15 is 0 Å². The molecule has 0 bridgehead atoms. The first-order valence-corrected chi connectivity index (χ1v) is 9.80. The van der Waals surface area contributed by atoms with Crippen molar-refractivity contribution in [1.29, 1.82) is 0 Å². The molecule has 94 valence electrons. The Bertz CT molecular complexity index is 634. The molecule has 0 aliphatic carbocycles. The van der Waals surface area contributed by atoms with Gasteiger partial charge in [-0.15, -0.1) is 0 Å². The Morgan fingerprint density at radius 2 is 1.21 bits per heavy atom. The van der Waals surface area contributed by atoms with Crippen LogP contribution in [0.3, 0.4) is 0 Å². The molecule has 0 fully saturated rings. The molecule has 1 aliphatic heterocycles. The van der Waals surface area contributed by atoms with Crippen LogP contribution in [-0.4, -0.2) is 8.07 Å². The van der Waals surface area contributed by atoms with E-state index in [0.717, 1.165) is 0 Å². The standard InChI is InChI=1S/C18H18Si/c1-19(2)14-17(15-9-5-3-6-10-15)13-18(19)16-11-7-4-8-12-16/h3-14H,1-2H3. The van der Waals surface area contributed by atoms with Crippen LogP contribution in [0.5, 0.6) is 0 Å². The zero-order chi connectivity index (χ0) is 13.3. The Morgan fingerprint density at radius 3 is 1.79 bits per heavy atom. The van der Waals surface area contributed by atoms with E-state index in [1.807, 2.05) is 0 Å². The summed E-state index contributed by atoms with van der Waals surface area (Å²) in [7, 11) is -1.46. The fraction of sp³-hybridized carbons (Fsp3) is 0.111. The van der Waals surface area contributed by atoms with Crippen molar-refractivity contribution in [1.82, 2.24) is 0 Å². The molecule has 0 aromatic heterocycles. The summed E-state index contributed by atoms with van der Waals surface area (Å²) in [4.78, 5) is 0. The highest BCUT2D eigenvalue weighted by atomic mass is 28.3. The molecule has 0 nitrogen and oxygen atoms in total. The Kier molecular flexibility index (Phi) is 3.00. The Balaban J connectivity index is 2.05. The van der Waals surface area contributed by atoms with Crippen LogP contribution in [0.25, 0.3) is 10.8 Å². The molecule has 3 rings (SSSR count). The summed E-state index contributed by atoms with van der Waals surface area (Å²) >= 11 is 0. The highest BCUT2D eigenvalue weighted by Gasteiger charge is 2.30. The van der Waals surface area contributed by atoms with E-state index in [9.17, 15) is 0 Å². The van der Waals surface area contributed by atoms with Crippen molar-refractivity contribution >= 4 is 18.8 Å². The van der Waals surface area contributed by atoms with Gasteiger partial charge >= 0.3 is 0 Å². The first kappa shape index (κ1) is 12.2. The lowest BCUT2D eigenvalue weighted by molar-refractivity contribution is 1.62. The topological polar surface area (TPSA) is 0 Å². The van der Waals surface area contributed by atoms with Gasteiger partial charge in [-0.05, 0) is 21.9 Å². The van der Waals surface area contributed by atoms with E-state index in [0.29, 0.717) is 0 Å². The van der Waals surface area contributed by atoms with Crippen LogP contribution in [0.15, 0.2) is 72.4 Å². The van der Waals surface area contributed by atoms with E-state index in [2.05, 4.69) is 85.5 Å². The van der Waals surface area contributed by atoms with E-state index in [1.54, 1.807) is 0 Å². The fourth-order valence-corrected chi connectivity index (χ4v) is 5.34. The average Bonchev–Trinajstić information content (AvgIpc) is 2.77. The molecule has 0 saturated carbocycles. The van der Waals surface area contributed by atoms with Gasteiger partial charge in [0, 0.05) is 0 Å². The molecule has 0 saturated heterocycles. The molecule has 0 amide bonds. The van der Waals surface area contributed by atoms with Gasteiger partial charge in [-0.25, -0.2) is 0 Å². The van der Waals surface area contributed by atoms with Gasteiger partial charge in [0.1, 0.15) is 8.07 Å². The van der Waals surface area contributed by atoms with Gasteiger partial charge in [-0.3, -0.25) is 0 Å². The van der Waals surface area contributed by atoms with Crippen LogP contribution in [-0.2, 0) is 0 Å². The highest BCUT2D eigenvalue weighted by molar-refractivity contribution is 7.00. The molecule has 0 N–H and O–H groups in total. The van der Waals surface area contributed by atoms with Gasteiger partial charge in [0.2, 0.25) is 0 Å². The summed E-state index contributed by atoms with van der Waals surface area (Å²) in [5.74, 6) is 0. The predicted octanol–water partition coefficient (Wildman–Crippen LogP) is 4.95. The van der Waals surface area contributed by atoms with Crippen LogP contribution in [0.4, 0.5) is 0 Å². The number of allylic oxidation sites excluding steroid dienone is 2. The largest absolute Gasteiger partial charge is 0.105 e. The number of hydrogen-bond donors (Lipinski definition) is 0. The Labute approximate surface area is 116 Å². The Morgan fingerprint density at radius 1 is 0.684 bits per heavy atom. The summed E-state index contributed by atoms with van der Waals surface area (Å²) in [6, 6.07) is 21.5. The third-order valence-electron chi connectivity index (χ3n) is 3.70. The van der Waals surface area contributed by atoms with Gasteiger partial charge in [-0.1, -0.05) is 85.5 Å². The van der Waals surface area contributed by atoms with Crippen molar-refractivity contribution in [2.24, 2.45) is 0 Å². The summed E-state index contributed by atoms with van der Waals surface area (Å²) in [6.45, 7) is 4.84. The van der Waals surface area contributed by atoms with Crippen LogP contribution in [0.2, 0.25) is 13.1 Å². The fourth-order valence-electron chi connectivity index (χ4n) is 2.72. The van der Waals surface area contributed by atoms with Crippen molar-refractivity contribution in [3.63, 3.8) is 0 Å². The van der Waals surface area contributed by atoms with Gasteiger partial charge in [-0.2, -0.15) is 0 Å². The number of hydrogen-bond acceptors (Lipinski definition) is 0. The third kappa shape index (κ3) is 2.34. The summed E-state index contributed by atoms with van der Waals surface area (Å²) in [6.07, 6.45) is 2.39. The van der Waals surface area contributed by atoms with Crippen molar-refractivity contribution in [2.45, 2.75) is 13.1 Å². The van der Waals surface area contributed by atoms with Crippen molar-refractivity contribution in [3.8, 4) is 0 Å². The lowest BCUT2D eigenvalue weighted by atomic mass is 10.1. The summed E-state index contributed by atoms with van der Waals surface area (Å²) in [5, 5.41) is 1.53. The lowest BCUT2D eigenvalue weighted by Gasteiger charge is -2.18. The van der Waals surface area contributed by atoms with Crippen molar-refractivity contribution in [3.05, 3.63) is 83.6 Å². The van der Waals surface area contributed by atoms with Crippen LogP contribution >= 0.6 is 0 Å². The summed E-state index contributed by atoms with van der Waals surface area (Å²) < 4.78 is 0. The zero-order valence-corrected chi connectivity index (χ0v) is 12.4. The van der Waals surface area contributed by atoms with Gasteiger partial charge in [0.15, 0.2) is 0 Å². The molecular formula is C18H18Si. The smallest absolute Gasteiger partial charge is 0.0824 e. The molecule has 1 aliphatic rings. The van der Waals surface area contributed by atoms with Crippen LogP contribution < -0.4 is 0 Å². The second kappa shape index (κ2) is 4.67. The molecule has 19 heavy (non-hydrogen) atoms. The highest BCUT2D eigenvalue weighted by Crippen LogP contribution is 2.37. The zero-order valence-electron chi connectivity index (χ0n) is 11.4. The molecule has 0 spiro atoms. The van der Waals surface area contributed by atoms with E-state index in [-0.39, 0.29) is 0 Å². The van der Waals surface area contributed by atoms with E-state index < -0.39 is 8.07 Å². The predicted molar refractivity (Wildman–Crippen MR) is 86.3 cm³/mol. The normalized spacial score (nSPS) is 16.9. The first-order chi connectivity index (χ1) is 9.17. The molecule has 1 heterocycles. The van der Waals surface area contributed by atoms with Gasteiger partial charge < -0.3 is 0 Å². The van der Waals surface area contributed by atoms with Crippen LogP contribution in [0.1, 0.15) is 11.1 Å². The number of benzene rings is 2. The van der Waals surface area contributed by atoms with Gasteiger partial charge in [0.05, 0.1) is 0 Å². The maximum atomic E-state index is 2.50. The number of rotatable bonds is 2. The minimum atomic E-state index is -1.46. The first-order valence-electron chi connectivity index (χ1n) is 6.73. The maximum Gasteiger partial charge on any atom is 0.105 e. The SMILES string of the molecule is C[Si]1(C)C=C(c2ccccc2)C=C1c1ccccc1. The molecule has 0 atom stereocenters. The van der Waals surface area contributed by atoms with Crippen molar-refractivity contribution < 1.29 is 0 Å². The second-order valence-electron chi connectivity index (χ2n) is 5.61. The Hall–Kier alpha value is -1.86. The molecule has 2 aromatic carbocycles. The summed E-state index contributed by atoms with van der Waals surface area (Å²) in [5.41, 5.74) is 6.59. The van der Waals surface area contributed by atoms with E-state index in [4.69, 9.17) is 0 Å². The monoisotopic (exact) mass is 262 g/mol. The van der Waals surface area contributed by atoms with Crippen molar-refractivity contribution in [2.75, 3.05) is 0 Å². The maximum absolute atomic E-state index is 2.50. The molecular weight excluding hydrogens is 244 g/mol.